The largest absolute Gasteiger partial charge is 0.328 e. The Morgan fingerprint density at radius 2 is 1.50 bits per heavy atom. The minimum Gasteiger partial charge on any atom is -0.328 e. The lowest BCUT2D eigenvalue weighted by Gasteiger charge is -2.16. The molecule has 2 aromatic carbocycles. The molecule has 3 nitrogen and oxygen atoms in total. The molecule has 2 atom stereocenters. The molecule has 0 saturated carbocycles. The molecule has 0 fully saturated rings. The lowest BCUT2D eigenvalue weighted by Crippen LogP contribution is -2.28. The number of benzene rings is 2. The smallest absolute Gasteiger partial charge is 0.195 e. The second kappa shape index (κ2) is 7.77. The van der Waals surface area contributed by atoms with Gasteiger partial charge in [-0.1, -0.05) is 48.5 Å². The van der Waals surface area contributed by atoms with Gasteiger partial charge in [0.2, 0.25) is 0 Å². The van der Waals surface area contributed by atoms with Crippen molar-refractivity contribution >= 4 is 21.4 Å². The van der Waals surface area contributed by atoms with Crippen LogP contribution in [0.5, 0.6) is 0 Å². The highest BCUT2D eigenvalue weighted by atomic mass is 35.5. The van der Waals surface area contributed by atoms with Gasteiger partial charge in [-0.15, -0.1) is 11.6 Å². The molecule has 2 aromatic rings. The minimum atomic E-state index is -3.53. The first-order valence-electron chi connectivity index (χ1n) is 7.22. The molecule has 0 aliphatic rings. The molecule has 0 spiro atoms. The van der Waals surface area contributed by atoms with Crippen molar-refractivity contribution in [2.45, 2.75) is 34.9 Å². The van der Waals surface area contributed by atoms with E-state index in [2.05, 4.69) is 0 Å². The van der Waals surface area contributed by atoms with Crippen molar-refractivity contribution in [3.63, 3.8) is 0 Å². The fourth-order valence-corrected chi connectivity index (χ4v) is 4.11. The summed E-state index contributed by atoms with van der Waals surface area (Å²) in [5.41, 5.74) is 7.24. The Hall–Kier alpha value is -1.36. The van der Waals surface area contributed by atoms with Crippen LogP contribution in [0.4, 0.5) is 0 Å². The molecule has 0 amide bonds. The van der Waals surface area contributed by atoms with Crippen LogP contribution in [0.2, 0.25) is 0 Å². The third-order valence-corrected chi connectivity index (χ3v) is 6.22. The molecule has 118 valence electrons. The van der Waals surface area contributed by atoms with Crippen molar-refractivity contribution in [2.75, 3.05) is 0 Å². The highest BCUT2D eigenvalue weighted by Gasteiger charge is 2.26. The van der Waals surface area contributed by atoms with Gasteiger partial charge in [-0.2, -0.15) is 0 Å². The van der Waals surface area contributed by atoms with E-state index in [1.807, 2.05) is 30.3 Å². The highest BCUT2D eigenvalue weighted by Crippen LogP contribution is 2.23. The SMILES string of the molecule is N[C@@H](CCc1ccccc1)C[C@H](Cl)S(=O)(=O)c1ccccc1. The number of alkyl halides is 1. The summed E-state index contributed by atoms with van der Waals surface area (Å²) in [5, 5.41) is 0. The van der Waals surface area contributed by atoms with Crippen LogP contribution in [0.1, 0.15) is 18.4 Å². The fourth-order valence-electron chi connectivity index (χ4n) is 2.24. The van der Waals surface area contributed by atoms with Crippen molar-refractivity contribution < 1.29 is 8.42 Å². The zero-order valence-electron chi connectivity index (χ0n) is 12.2. The molecular weight excluding hydrogens is 318 g/mol. The molecule has 0 aromatic heterocycles. The first-order chi connectivity index (χ1) is 10.5. The van der Waals surface area contributed by atoms with Crippen molar-refractivity contribution in [2.24, 2.45) is 5.73 Å². The van der Waals surface area contributed by atoms with Crippen LogP contribution < -0.4 is 5.73 Å². The maximum Gasteiger partial charge on any atom is 0.195 e. The zero-order chi connectivity index (χ0) is 16.0. The van der Waals surface area contributed by atoms with Gasteiger partial charge in [0.1, 0.15) is 4.71 Å². The van der Waals surface area contributed by atoms with Crippen LogP contribution >= 0.6 is 11.6 Å². The molecule has 0 aliphatic carbocycles. The van der Waals surface area contributed by atoms with E-state index in [1.165, 1.54) is 5.56 Å². The number of hydrogen-bond donors (Lipinski definition) is 1. The predicted molar refractivity (Wildman–Crippen MR) is 90.6 cm³/mol. The van der Waals surface area contributed by atoms with Gasteiger partial charge in [0, 0.05) is 6.04 Å². The van der Waals surface area contributed by atoms with Crippen LogP contribution in [0.3, 0.4) is 0 Å². The van der Waals surface area contributed by atoms with E-state index in [4.69, 9.17) is 17.3 Å². The summed E-state index contributed by atoms with van der Waals surface area (Å²) < 4.78 is 23.7. The number of hydrogen-bond acceptors (Lipinski definition) is 3. The maximum absolute atomic E-state index is 12.4. The molecule has 0 aliphatic heterocycles. The summed E-state index contributed by atoms with van der Waals surface area (Å²) >= 11 is 6.12. The molecule has 2 N–H and O–H groups in total. The third-order valence-electron chi connectivity index (χ3n) is 3.54. The van der Waals surface area contributed by atoms with E-state index in [0.29, 0.717) is 6.42 Å². The van der Waals surface area contributed by atoms with Crippen LogP contribution in [-0.2, 0) is 16.3 Å². The zero-order valence-corrected chi connectivity index (χ0v) is 13.8. The summed E-state index contributed by atoms with van der Waals surface area (Å²) in [5.74, 6) is 0. The average Bonchev–Trinajstić information content (AvgIpc) is 2.54. The lowest BCUT2D eigenvalue weighted by atomic mass is 10.0. The summed E-state index contributed by atoms with van der Waals surface area (Å²) in [6.45, 7) is 0. The van der Waals surface area contributed by atoms with Crippen molar-refractivity contribution in [1.82, 2.24) is 0 Å². The van der Waals surface area contributed by atoms with E-state index < -0.39 is 14.5 Å². The van der Waals surface area contributed by atoms with E-state index in [0.717, 1.165) is 6.42 Å². The molecular formula is C17H20ClNO2S. The molecule has 0 saturated heterocycles. The van der Waals surface area contributed by atoms with Crippen LogP contribution in [0.25, 0.3) is 0 Å². The summed E-state index contributed by atoms with van der Waals surface area (Å²) in [6.07, 6.45) is 1.76. The Labute approximate surface area is 137 Å². The normalized spacial score (nSPS) is 14.5. The Morgan fingerprint density at radius 1 is 0.955 bits per heavy atom. The predicted octanol–water partition coefficient (Wildman–Crippen LogP) is 3.38. The van der Waals surface area contributed by atoms with E-state index >= 15 is 0 Å². The van der Waals surface area contributed by atoms with Gasteiger partial charge in [-0.3, -0.25) is 0 Å². The van der Waals surface area contributed by atoms with Gasteiger partial charge in [0.25, 0.3) is 0 Å². The van der Waals surface area contributed by atoms with Gasteiger partial charge in [-0.25, -0.2) is 8.42 Å². The van der Waals surface area contributed by atoms with Gasteiger partial charge in [0.05, 0.1) is 4.90 Å². The van der Waals surface area contributed by atoms with E-state index in [9.17, 15) is 8.42 Å². The van der Waals surface area contributed by atoms with Gasteiger partial charge in [0.15, 0.2) is 9.84 Å². The molecule has 22 heavy (non-hydrogen) atoms. The van der Waals surface area contributed by atoms with Crippen molar-refractivity contribution in [3.05, 3.63) is 66.2 Å². The molecule has 0 radical (unpaired) electrons. The van der Waals surface area contributed by atoms with Crippen molar-refractivity contribution in [3.8, 4) is 0 Å². The first kappa shape index (κ1) is 17.0. The number of sulfone groups is 1. The van der Waals surface area contributed by atoms with Crippen LogP contribution in [-0.4, -0.2) is 19.2 Å². The molecule has 0 bridgehead atoms. The van der Waals surface area contributed by atoms with Crippen LogP contribution in [0, 0.1) is 0 Å². The van der Waals surface area contributed by atoms with E-state index in [-0.39, 0.29) is 17.4 Å². The standard InChI is InChI=1S/C17H20ClNO2S/c18-17(22(20,21)16-9-5-2-6-10-16)13-15(19)12-11-14-7-3-1-4-8-14/h1-10,15,17H,11-13,19H2/t15-,17+/m0/s1. The molecule has 0 heterocycles. The second-order valence-electron chi connectivity index (χ2n) is 5.29. The quantitative estimate of drug-likeness (QED) is 0.788. The number of halogens is 1. The summed E-state index contributed by atoms with van der Waals surface area (Å²) in [4.78, 5) is 0.241. The van der Waals surface area contributed by atoms with Gasteiger partial charge in [-0.05, 0) is 37.0 Å². The minimum absolute atomic E-state index is 0.241. The number of nitrogens with two attached hydrogens (primary N) is 1. The molecule has 5 heteroatoms. The lowest BCUT2D eigenvalue weighted by molar-refractivity contribution is 0.556. The summed E-state index contributed by atoms with van der Waals surface area (Å²) in [7, 11) is -3.53. The Kier molecular flexibility index (Phi) is 6.00. The third kappa shape index (κ3) is 4.57. The molecule has 2 rings (SSSR count). The topological polar surface area (TPSA) is 60.2 Å². The average molecular weight is 338 g/mol. The van der Waals surface area contributed by atoms with Crippen LogP contribution in [0.15, 0.2) is 65.6 Å². The fraction of sp³-hybridized carbons (Fsp3) is 0.294. The summed E-state index contributed by atoms with van der Waals surface area (Å²) in [6, 6.07) is 18.0. The monoisotopic (exact) mass is 337 g/mol. The van der Waals surface area contributed by atoms with E-state index in [1.54, 1.807) is 30.3 Å². The Balaban J connectivity index is 1.92. The highest BCUT2D eigenvalue weighted by molar-refractivity contribution is 7.93. The Morgan fingerprint density at radius 3 is 2.09 bits per heavy atom. The molecule has 0 unspecified atom stereocenters. The Bertz CT molecular complexity index is 674. The number of rotatable bonds is 7. The van der Waals surface area contributed by atoms with Gasteiger partial charge >= 0.3 is 0 Å². The second-order valence-corrected chi connectivity index (χ2v) is 8.20. The van der Waals surface area contributed by atoms with Crippen molar-refractivity contribution in [1.29, 1.82) is 0 Å². The maximum atomic E-state index is 12.4. The van der Waals surface area contributed by atoms with Gasteiger partial charge < -0.3 is 5.73 Å². The number of aryl methyl sites for hydroxylation is 1. The first-order valence-corrected chi connectivity index (χ1v) is 9.21.